The molecule has 1 aliphatic heterocycles. The molecule has 0 saturated carbocycles. The molecule has 0 radical (unpaired) electrons. The number of fused-ring (bicyclic) bond motifs is 9. The van der Waals surface area contributed by atoms with E-state index in [0.29, 0.717) is 5.02 Å². The molecule has 0 bridgehead atoms. The molecule has 5 heteroatoms. The first-order valence-electron chi connectivity index (χ1n) is 14.7. The Morgan fingerprint density at radius 2 is 1.09 bits per heavy atom. The van der Waals surface area contributed by atoms with Crippen LogP contribution in [-0.4, -0.2) is 0 Å². The van der Waals surface area contributed by atoms with Crippen molar-refractivity contribution >= 4 is 85.8 Å². The molecule has 8 aromatic rings. The van der Waals surface area contributed by atoms with Gasteiger partial charge in [0.05, 0.1) is 16.8 Å². The number of hydrogen-bond acceptors (Lipinski definition) is 3. The smallest absolute Gasteiger partial charge is 0.342 e. The maximum absolute atomic E-state index is 7.09. The third kappa shape index (κ3) is 3.90. The lowest BCUT2D eigenvalue weighted by atomic mass is 9.95. The summed E-state index contributed by atoms with van der Waals surface area (Å²) in [5.74, 6) is 0. The molecular formula is C39H25ClNO2P. The SMILES string of the molecule is Clc1cccc2c1N(p1oc3ccc4ccccc4c3c3c(ccc4ccccc43)o1)[C@@H](c1cccc3ccccc13)C=C2. The maximum Gasteiger partial charge on any atom is 0.342 e. The second-order valence-corrected chi connectivity index (χ2v) is 12.8. The number of benzene rings is 7. The van der Waals surface area contributed by atoms with E-state index in [1.54, 1.807) is 0 Å². The Kier molecular flexibility index (Phi) is 5.84. The van der Waals surface area contributed by atoms with Gasteiger partial charge in [-0.2, -0.15) is 0 Å². The zero-order valence-electron chi connectivity index (χ0n) is 23.5. The largest absolute Gasteiger partial charge is 0.404 e. The van der Waals surface area contributed by atoms with Crippen LogP contribution in [-0.2, 0) is 0 Å². The van der Waals surface area contributed by atoms with Crippen LogP contribution in [0.3, 0.4) is 0 Å². The summed E-state index contributed by atoms with van der Waals surface area (Å²) in [7, 11) is -1.72. The zero-order valence-corrected chi connectivity index (χ0v) is 25.2. The van der Waals surface area contributed by atoms with Crippen molar-refractivity contribution in [1.29, 1.82) is 0 Å². The Hall–Kier alpha value is -4.95. The molecule has 1 aromatic heterocycles. The second kappa shape index (κ2) is 10.1. The summed E-state index contributed by atoms with van der Waals surface area (Å²) in [6.07, 6.45) is 4.41. The summed E-state index contributed by atoms with van der Waals surface area (Å²) in [5.41, 5.74) is 4.70. The molecule has 0 fully saturated rings. The molecule has 0 amide bonds. The van der Waals surface area contributed by atoms with Gasteiger partial charge in [-0.15, -0.1) is 0 Å². The lowest BCUT2D eigenvalue weighted by Gasteiger charge is -2.34. The van der Waals surface area contributed by atoms with Gasteiger partial charge >= 0.3 is 8.16 Å². The molecule has 0 aliphatic carbocycles. The highest BCUT2D eigenvalue weighted by Gasteiger charge is 2.32. The summed E-state index contributed by atoms with van der Waals surface area (Å²) < 4.78 is 16.4. The molecule has 1 aliphatic rings. The lowest BCUT2D eigenvalue weighted by molar-refractivity contribution is 0.626. The van der Waals surface area contributed by atoms with E-state index in [-0.39, 0.29) is 6.04 Å². The molecule has 0 unspecified atom stereocenters. The van der Waals surface area contributed by atoms with Gasteiger partial charge < -0.3 is 8.39 Å². The Morgan fingerprint density at radius 1 is 0.545 bits per heavy atom. The summed E-state index contributed by atoms with van der Waals surface area (Å²) in [5, 5.41) is 9.71. The standard InChI is InChI=1S/C39H25ClNO2P/c40-33-18-8-13-28-19-22-34(32-17-7-12-25-9-1-4-14-29(25)32)41(39(28)33)44-42-35-23-20-26-10-2-5-15-30(26)37(35)38-31-16-6-3-11-27(31)21-24-36(38)43-44/h1-24,34H/t34-/m1/s1. The fraction of sp³-hybridized carbons (Fsp3) is 0.0256. The lowest BCUT2D eigenvalue weighted by Crippen LogP contribution is -2.23. The van der Waals surface area contributed by atoms with Crippen LogP contribution in [0, 0.1) is 0 Å². The van der Waals surface area contributed by atoms with Crippen molar-refractivity contribution in [3.63, 3.8) is 0 Å². The highest BCUT2D eigenvalue weighted by Crippen LogP contribution is 2.53. The summed E-state index contributed by atoms with van der Waals surface area (Å²) in [6.45, 7) is 0. The van der Waals surface area contributed by atoms with Gasteiger partial charge in [-0.05, 0) is 61.6 Å². The van der Waals surface area contributed by atoms with Crippen molar-refractivity contribution in [1.82, 2.24) is 0 Å². The number of para-hydroxylation sites is 1. The van der Waals surface area contributed by atoms with Crippen LogP contribution in [0.5, 0.6) is 0 Å². The molecular weight excluding hydrogens is 581 g/mol. The highest BCUT2D eigenvalue weighted by atomic mass is 35.5. The van der Waals surface area contributed by atoms with Gasteiger partial charge in [0.15, 0.2) is 0 Å². The molecule has 44 heavy (non-hydrogen) atoms. The predicted molar refractivity (Wildman–Crippen MR) is 186 cm³/mol. The quantitative estimate of drug-likeness (QED) is 0.196. The molecule has 0 saturated heterocycles. The van der Waals surface area contributed by atoms with Gasteiger partial charge in [-0.1, -0.05) is 139 Å². The molecule has 0 N–H and O–H groups in total. The topological polar surface area (TPSA) is 29.5 Å². The summed E-state index contributed by atoms with van der Waals surface area (Å²) in [6, 6.07) is 46.3. The third-order valence-electron chi connectivity index (χ3n) is 8.67. The van der Waals surface area contributed by atoms with Crippen molar-refractivity contribution in [2.24, 2.45) is 0 Å². The minimum atomic E-state index is -1.72. The highest BCUT2D eigenvalue weighted by molar-refractivity contribution is 7.39. The number of anilines is 1. The Bertz CT molecular complexity index is 2400. The van der Waals surface area contributed by atoms with Crippen molar-refractivity contribution in [2.75, 3.05) is 4.67 Å². The molecule has 9 rings (SSSR count). The third-order valence-corrected chi connectivity index (χ3v) is 10.5. The number of halogens is 1. The maximum atomic E-state index is 7.09. The van der Waals surface area contributed by atoms with Crippen LogP contribution in [0.2, 0.25) is 5.02 Å². The van der Waals surface area contributed by atoms with Gasteiger partial charge in [-0.3, -0.25) is 4.67 Å². The monoisotopic (exact) mass is 605 g/mol. The first-order chi connectivity index (χ1) is 21.7. The van der Waals surface area contributed by atoms with E-state index < -0.39 is 8.16 Å². The van der Waals surface area contributed by atoms with E-state index in [0.717, 1.165) is 54.7 Å². The second-order valence-electron chi connectivity index (χ2n) is 11.1. The van der Waals surface area contributed by atoms with Gasteiger partial charge in [0.2, 0.25) is 0 Å². The number of rotatable bonds is 2. The van der Waals surface area contributed by atoms with Crippen molar-refractivity contribution < 1.29 is 8.39 Å². The predicted octanol–water partition coefficient (Wildman–Crippen LogP) is 12.4. The number of nitrogens with zero attached hydrogens (tertiary/aromatic N) is 1. The minimum Gasteiger partial charge on any atom is -0.404 e. The van der Waals surface area contributed by atoms with Crippen molar-refractivity contribution in [3.8, 4) is 0 Å². The average Bonchev–Trinajstić information content (AvgIpc) is 3.25. The molecule has 7 aromatic carbocycles. The molecule has 0 spiro atoms. The van der Waals surface area contributed by atoms with Crippen molar-refractivity contribution in [3.05, 3.63) is 156 Å². The van der Waals surface area contributed by atoms with Crippen LogP contribution in [0.1, 0.15) is 17.2 Å². The molecule has 210 valence electrons. The Balaban J connectivity index is 1.43. The van der Waals surface area contributed by atoms with E-state index in [2.05, 4.69) is 138 Å². The van der Waals surface area contributed by atoms with Crippen LogP contribution in [0.4, 0.5) is 5.69 Å². The number of hydrogen-bond donors (Lipinski definition) is 0. The zero-order chi connectivity index (χ0) is 29.2. The van der Waals surface area contributed by atoms with Crippen LogP contribution < -0.4 is 4.67 Å². The van der Waals surface area contributed by atoms with Gasteiger partial charge in [0.1, 0.15) is 11.2 Å². The summed E-state index contributed by atoms with van der Waals surface area (Å²) in [4.78, 5) is 0. The van der Waals surface area contributed by atoms with Crippen LogP contribution in [0.15, 0.2) is 148 Å². The molecule has 1 atom stereocenters. The Morgan fingerprint density at radius 3 is 1.75 bits per heavy atom. The van der Waals surface area contributed by atoms with E-state index in [1.807, 2.05) is 12.1 Å². The normalized spacial score (nSPS) is 14.6. The minimum absolute atomic E-state index is 0.175. The van der Waals surface area contributed by atoms with E-state index in [4.69, 9.17) is 20.0 Å². The van der Waals surface area contributed by atoms with E-state index in [1.165, 1.54) is 16.3 Å². The Labute approximate surface area is 259 Å². The van der Waals surface area contributed by atoms with Gasteiger partial charge in [0.25, 0.3) is 0 Å². The molecule has 2 heterocycles. The fourth-order valence-electron chi connectivity index (χ4n) is 6.70. The average molecular weight is 606 g/mol. The van der Waals surface area contributed by atoms with Crippen LogP contribution in [0.25, 0.3) is 60.3 Å². The summed E-state index contributed by atoms with van der Waals surface area (Å²) >= 11 is 7.05. The first-order valence-corrected chi connectivity index (χ1v) is 16.2. The fourth-order valence-corrected chi connectivity index (χ4v) is 8.67. The van der Waals surface area contributed by atoms with Gasteiger partial charge in [0, 0.05) is 10.8 Å². The van der Waals surface area contributed by atoms with Crippen molar-refractivity contribution in [2.45, 2.75) is 6.04 Å². The first kappa shape index (κ1) is 25.5. The van der Waals surface area contributed by atoms with E-state index >= 15 is 0 Å². The van der Waals surface area contributed by atoms with Crippen LogP contribution >= 0.6 is 19.8 Å². The van der Waals surface area contributed by atoms with E-state index in [9.17, 15) is 0 Å². The molecule has 3 nitrogen and oxygen atoms in total. The van der Waals surface area contributed by atoms with Gasteiger partial charge in [-0.25, -0.2) is 0 Å².